The van der Waals surface area contributed by atoms with E-state index in [2.05, 4.69) is 37.3 Å². The summed E-state index contributed by atoms with van der Waals surface area (Å²) < 4.78 is 0. The maximum atomic E-state index is 12.6. The van der Waals surface area contributed by atoms with E-state index in [0.29, 0.717) is 17.1 Å². The van der Waals surface area contributed by atoms with Crippen LogP contribution in [-0.4, -0.2) is 41.1 Å². The number of para-hydroxylation sites is 1. The molecule has 0 bridgehead atoms. The Labute approximate surface area is 155 Å². The fourth-order valence-corrected chi connectivity index (χ4v) is 3.74. The van der Waals surface area contributed by atoms with E-state index in [1.807, 2.05) is 30.3 Å². The van der Waals surface area contributed by atoms with Crippen molar-refractivity contribution < 1.29 is 0 Å². The van der Waals surface area contributed by atoms with Crippen LogP contribution in [0.2, 0.25) is 0 Å². The van der Waals surface area contributed by atoms with Crippen LogP contribution in [0.4, 0.5) is 11.4 Å². The minimum Gasteiger partial charge on any atom is -0.397 e. The number of fused-ring (bicyclic) bond motifs is 2. The van der Waals surface area contributed by atoms with Crippen molar-refractivity contribution in [3.63, 3.8) is 0 Å². The monoisotopic (exact) mass is 360 g/mol. The van der Waals surface area contributed by atoms with E-state index in [1.165, 1.54) is 0 Å². The third kappa shape index (κ3) is 2.63. The number of nitrogens with one attached hydrogen (secondary N) is 3. The fraction of sp³-hybridized carbons (Fsp3) is 0.200. The van der Waals surface area contributed by atoms with Crippen LogP contribution in [-0.2, 0) is 0 Å². The number of anilines is 2. The number of aromatic nitrogens is 3. The summed E-state index contributed by atoms with van der Waals surface area (Å²) in [4.78, 5) is 25.8. The summed E-state index contributed by atoms with van der Waals surface area (Å²) in [6, 6.07) is 13.7. The highest BCUT2D eigenvalue weighted by atomic mass is 16.1. The van der Waals surface area contributed by atoms with Crippen LogP contribution in [0, 0.1) is 0 Å². The number of H-pyrrole nitrogens is 2. The molecule has 7 nitrogen and oxygen atoms in total. The van der Waals surface area contributed by atoms with Gasteiger partial charge < -0.3 is 25.9 Å². The SMILES string of the molecule is Nc1c(-c2nc3ccc(N4CCNCC4)cc3[nH]2)c(=O)[nH]c2ccccc12. The molecule has 1 fully saturated rings. The molecule has 5 rings (SSSR count). The molecule has 0 atom stereocenters. The Morgan fingerprint density at radius 1 is 1.00 bits per heavy atom. The normalized spacial score (nSPS) is 14.9. The summed E-state index contributed by atoms with van der Waals surface area (Å²) in [5.74, 6) is 0.493. The molecule has 0 amide bonds. The van der Waals surface area contributed by atoms with Gasteiger partial charge in [-0.05, 0) is 24.3 Å². The predicted octanol–water partition coefficient (Wildman–Crippen LogP) is 2.06. The van der Waals surface area contributed by atoms with Gasteiger partial charge in [-0.1, -0.05) is 18.2 Å². The first-order valence-electron chi connectivity index (χ1n) is 9.07. The van der Waals surface area contributed by atoms with Gasteiger partial charge in [0.25, 0.3) is 5.56 Å². The number of aromatic amines is 2. The van der Waals surface area contributed by atoms with Gasteiger partial charge in [-0.25, -0.2) is 4.98 Å². The van der Waals surface area contributed by atoms with Crippen LogP contribution in [0.3, 0.4) is 0 Å². The zero-order chi connectivity index (χ0) is 18.4. The number of hydrogen-bond donors (Lipinski definition) is 4. The molecule has 1 saturated heterocycles. The molecule has 0 unspecified atom stereocenters. The lowest BCUT2D eigenvalue weighted by Crippen LogP contribution is -2.43. The Kier molecular flexibility index (Phi) is 3.61. The van der Waals surface area contributed by atoms with Crippen molar-refractivity contribution in [3.8, 4) is 11.4 Å². The highest BCUT2D eigenvalue weighted by Crippen LogP contribution is 2.29. The van der Waals surface area contributed by atoms with Gasteiger partial charge in [0.1, 0.15) is 11.4 Å². The van der Waals surface area contributed by atoms with Gasteiger partial charge in [0.05, 0.1) is 22.2 Å². The summed E-state index contributed by atoms with van der Waals surface area (Å²) in [6.45, 7) is 3.91. The van der Waals surface area contributed by atoms with Crippen LogP contribution >= 0.6 is 0 Å². The van der Waals surface area contributed by atoms with E-state index in [9.17, 15) is 4.79 Å². The van der Waals surface area contributed by atoms with Crippen LogP contribution in [0.15, 0.2) is 47.3 Å². The Balaban J connectivity index is 1.63. The van der Waals surface area contributed by atoms with Gasteiger partial charge in [0, 0.05) is 37.3 Å². The van der Waals surface area contributed by atoms with Crippen molar-refractivity contribution in [2.24, 2.45) is 0 Å². The topological polar surface area (TPSA) is 103 Å². The molecule has 0 saturated carbocycles. The molecule has 2 aromatic carbocycles. The number of imidazole rings is 1. The Morgan fingerprint density at radius 2 is 1.81 bits per heavy atom. The lowest BCUT2D eigenvalue weighted by Gasteiger charge is -2.29. The third-order valence-electron chi connectivity index (χ3n) is 5.15. The van der Waals surface area contributed by atoms with Crippen molar-refractivity contribution >= 4 is 33.3 Å². The maximum absolute atomic E-state index is 12.6. The van der Waals surface area contributed by atoms with E-state index >= 15 is 0 Å². The van der Waals surface area contributed by atoms with E-state index < -0.39 is 0 Å². The first-order chi connectivity index (χ1) is 13.2. The molecule has 0 spiro atoms. The summed E-state index contributed by atoms with van der Waals surface area (Å²) in [6.07, 6.45) is 0. The number of nitrogens with two attached hydrogens (primary N) is 1. The van der Waals surface area contributed by atoms with Gasteiger partial charge >= 0.3 is 0 Å². The molecule has 5 N–H and O–H groups in total. The molecule has 1 aliphatic rings. The van der Waals surface area contributed by atoms with Gasteiger partial charge in [-0.3, -0.25) is 4.79 Å². The van der Waals surface area contributed by atoms with Gasteiger partial charge in [-0.2, -0.15) is 0 Å². The van der Waals surface area contributed by atoms with Crippen molar-refractivity contribution in [3.05, 3.63) is 52.8 Å². The number of nitrogen functional groups attached to an aromatic ring is 1. The summed E-state index contributed by atoms with van der Waals surface area (Å²) in [5.41, 5.74) is 10.5. The van der Waals surface area contributed by atoms with Crippen LogP contribution < -0.4 is 21.5 Å². The zero-order valence-corrected chi connectivity index (χ0v) is 14.7. The Bertz CT molecular complexity index is 1200. The van der Waals surface area contributed by atoms with Crippen molar-refractivity contribution in [2.45, 2.75) is 0 Å². The largest absolute Gasteiger partial charge is 0.397 e. The van der Waals surface area contributed by atoms with Gasteiger partial charge in [-0.15, -0.1) is 0 Å². The van der Waals surface area contributed by atoms with Gasteiger partial charge in [0.2, 0.25) is 0 Å². The summed E-state index contributed by atoms with van der Waals surface area (Å²) >= 11 is 0. The van der Waals surface area contributed by atoms with E-state index in [1.54, 1.807) is 0 Å². The van der Waals surface area contributed by atoms with Crippen molar-refractivity contribution in [2.75, 3.05) is 36.8 Å². The molecule has 1 aliphatic heterocycles. The second-order valence-corrected chi connectivity index (χ2v) is 6.81. The number of pyridine rings is 1. The molecule has 136 valence electrons. The first-order valence-corrected chi connectivity index (χ1v) is 9.07. The quantitative estimate of drug-likeness (QED) is 0.438. The van der Waals surface area contributed by atoms with E-state index in [-0.39, 0.29) is 5.56 Å². The third-order valence-corrected chi connectivity index (χ3v) is 5.15. The molecule has 4 aromatic rings. The number of benzene rings is 2. The van der Waals surface area contributed by atoms with E-state index in [4.69, 9.17) is 5.73 Å². The molecule has 0 aliphatic carbocycles. The molecular weight excluding hydrogens is 340 g/mol. The van der Waals surface area contributed by atoms with E-state index in [0.717, 1.165) is 53.8 Å². The molecular formula is C20H20N6O. The highest BCUT2D eigenvalue weighted by Gasteiger charge is 2.17. The lowest BCUT2D eigenvalue weighted by molar-refractivity contribution is 0.589. The number of rotatable bonds is 2. The standard InChI is InChI=1S/C20H20N6O/c21-18-13-3-1-2-4-14(13)25-20(27)17(18)19-23-15-6-5-12(11-16(15)24-19)26-9-7-22-8-10-26/h1-6,11,22H,7-10H2,(H,23,24)(H3,21,25,27). The number of nitrogens with zero attached hydrogens (tertiary/aromatic N) is 2. The summed E-state index contributed by atoms with van der Waals surface area (Å²) in [5, 5.41) is 4.17. The number of hydrogen-bond acceptors (Lipinski definition) is 5. The molecule has 2 aromatic heterocycles. The lowest BCUT2D eigenvalue weighted by atomic mass is 10.1. The minimum atomic E-state index is -0.243. The average Bonchev–Trinajstić information content (AvgIpc) is 3.11. The second-order valence-electron chi connectivity index (χ2n) is 6.81. The average molecular weight is 360 g/mol. The predicted molar refractivity (Wildman–Crippen MR) is 109 cm³/mol. The molecule has 27 heavy (non-hydrogen) atoms. The van der Waals surface area contributed by atoms with Crippen LogP contribution in [0.1, 0.15) is 0 Å². The Morgan fingerprint density at radius 3 is 2.67 bits per heavy atom. The first kappa shape index (κ1) is 15.9. The Hall–Kier alpha value is -3.32. The maximum Gasteiger partial charge on any atom is 0.261 e. The van der Waals surface area contributed by atoms with Crippen molar-refractivity contribution in [1.82, 2.24) is 20.3 Å². The summed E-state index contributed by atoms with van der Waals surface area (Å²) in [7, 11) is 0. The molecule has 0 radical (unpaired) electrons. The van der Waals surface area contributed by atoms with Crippen LogP contribution in [0.25, 0.3) is 33.3 Å². The van der Waals surface area contributed by atoms with Gasteiger partial charge in [0.15, 0.2) is 0 Å². The smallest absolute Gasteiger partial charge is 0.261 e. The molecule has 7 heteroatoms. The molecule has 3 heterocycles. The number of piperazine rings is 1. The van der Waals surface area contributed by atoms with Crippen molar-refractivity contribution in [1.29, 1.82) is 0 Å². The fourth-order valence-electron chi connectivity index (χ4n) is 3.74. The minimum absolute atomic E-state index is 0.243. The van der Waals surface area contributed by atoms with Crippen LogP contribution in [0.5, 0.6) is 0 Å². The zero-order valence-electron chi connectivity index (χ0n) is 14.7. The highest BCUT2D eigenvalue weighted by molar-refractivity contribution is 5.97. The second kappa shape index (κ2) is 6.14.